The van der Waals surface area contributed by atoms with Crippen LogP contribution in [0, 0.1) is 0 Å². The van der Waals surface area contributed by atoms with Crippen LogP contribution in [0.4, 0.5) is 0 Å². The Morgan fingerprint density at radius 3 is 2.57 bits per heavy atom. The summed E-state index contributed by atoms with van der Waals surface area (Å²) in [5.41, 5.74) is 0. The summed E-state index contributed by atoms with van der Waals surface area (Å²) in [6, 6.07) is 0.263. The number of rotatable bonds is 5. The molecule has 2 heterocycles. The van der Waals surface area contributed by atoms with Crippen molar-refractivity contribution in [2.45, 2.75) is 38.3 Å². The van der Waals surface area contributed by atoms with Gasteiger partial charge in [-0.25, -0.2) is 8.42 Å². The van der Waals surface area contributed by atoms with Gasteiger partial charge in [-0.2, -0.15) is 0 Å². The lowest BCUT2D eigenvalue weighted by Crippen LogP contribution is -2.50. The monoisotopic (exact) mass is 317 g/mol. The topological polar surface area (TPSA) is 69.7 Å². The van der Waals surface area contributed by atoms with Crippen molar-refractivity contribution in [2.24, 2.45) is 0 Å². The van der Waals surface area contributed by atoms with Crippen LogP contribution in [0.15, 0.2) is 0 Å². The third-order valence-corrected chi connectivity index (χ3v) is 6.34. The van der Waals surface area contributed by atoms with Gasteiger partial charge < -0.3 is 10.2 Å². The summed E-state index contributed by atoms with van der Waals surface area (Å²) in [5.74, 6) is 0.387. The van der Waals surface area contributed by atoms with Crippen molar-refractivity contribution in [2.75, 3.05) is 44.7 Å². The number of amides is 1. The Balaban J connectivity index is 1.90. The van der Waals surface area contributed by atoms with Crippen molar-refractivity contribution in [3.8, 4) is 0 Å². The van der Waals surface area contributed by atoms with E-state index in [-0.39, 0.29) is 23.5 Å². The highest BCUT2D eigenvalue weighted by Gasteiger charge is 2.34. The van der Waals surface area contributed by atoms with E-state index in [0.29, 0.717) is 25.6 Å². The zero-order valence-electron chi connectivity index (χ0n) is 13.0. The van der Waals surface area contributed by atoms with Crippen LogP contribution in [-0.4, -0.2) is 80.9 Å². The Morgan fingerprint density at radius 1 is 1.29 bits per heavy atom. The predicted octanol–water partition coefficient (Wildman–Crippen LogP) is -0.294. The van der Waals surface area contributed by atoms with Gasteiger partial charge >= 0.3 is 0 Å². The van der Waals surface area contributed by atoms with Crippen LogP contribution < -0.4 is 5.32 Å². The Hall–Kier alpha value is -0.660. The summed E-state index contributed by atoms with van der Waals surface area (Å²) in [5, 5.41) is 3.35. The predicted molar refractivity (Wildman–Crippen MR) is 83.0 cm³/mol. The van der Waals surface area contributed by atoms with Crippen molar-refractivity contribution in [1.82, 2.24) is 15.1 Å². The number of piperidine rings is 1. The van der Waals surface area contributed by atoms with E-state index in [1.807, 2.05) is 14.0 Å². The number of nitrogens with zero attached hydrogens (tertiary/aromatic N) is 2. The molecule has 1 amide bonds. The zero-order chi connectivity index (χ0) is 15.5. The van der Waals surface area contributed by atoms with Crippen molar-refractivity contribution >= 4 is 15.7 Å². The summed E-state index contributed by atoms with van der Waals surface area (Å²) in [7, 11) is -0.970. The van der Waals surface area contributed by atoms with E-state index in [0.717, 1.165) is 25.9 Å². The molecule has 0 aliphatic carbocycles. The van der Waals surface area contributed by atoms with Gasteiger partial charge in [0.15, 0.2) is 9.84 Å². The molecular weight excluding hydrogens is 290 g/mol. The van der Waals surface area contributed by atoms with E-state index in [1.54, 1.807) is 4.90 Å². The van der Waals surface area contributed by atoms with Crippen LogP contribution in [0.25, 0.3) is 0 Å². The van der Waals surface area contributed by atoms with Gasteiger partial charge in [-0.3, -0.25) is 9.69 Å². The van der Waals surface area contributed by atoms with Crippen LogP contribution in [0.2, 0.25) is 0 Å². The smallest absolute Gasteiger partial charge is 0.237 e. The molecule has 2 aliphatic rings. The minimum atomic E-state index is -2.95. The lowest BCUT2D eigenvalue weighted by Gasteiger charge is -2.34. The van der Waals surface area contributed by atoms with Crippen molar-refractivity contribution in [3.63, 3.8) is 0 Å². The highest BCUT2D eigenvalue weighted by molar-refractivity contribution is 7.91. The summed E-state index contributed by atoms with van der Waals surface area (Å²) in [4.78, 5) is 16.3. The van der Waals surface area contributed by atoms with Crippen LogP contribution in [0.5, 0.6) is 0 Å². The molecule has 0 aromatic carbocycles. The summed E-state index contributed by atoms with van der Waals surface area (Å²) in [6.07, 6.45) is 2.83. The van der Waals surface area contributed by atoms with Crippen LogP contribution >= 0.6 is 0 Å². The van der Waals surface area contributed by atoms with Crippen molar-refractivity contribution < 1.29 is 13.2 Å². The summed E-state index contributed by atoms with van der Waals surface area (Å²) >= 11 is 0. The minimum absolute atomic E-state index is 0.0488. The molecule has 1 N–H and O–H groups in total. The standard InChI is InChI=1S/C14H27N3O3S/c1-3-17(13-6-8-21(19,20)11-13)14(18)10-16(2)12-5-4-7-15-9-12/h12-13,15H,3-11H2,1-2H3. The van der Waals surface area contributed by atoms with E-state index >= 15 is 0 Å². The second kappa shape index (κ2) is 7.07. The van der Waals surface area contributed by atoms with Crippen LogP contribution in [0.1, 0.15) is 26.2 Å². The third kappa shape index (κ3) is 4.40. The quantitative estimate of drug-likeness (QED) is 0.754. The highest BCUT2D eigenvalue weighted by atomic mass is 32.2. The van der Waals surface area contributed by atoms with Gasteiger partial charge in [0.1, 0.15) is 0 Å². The lowest BCUT2D eigenvalue weighted by atomic mass is 10.1. The van der Waals surface area contributed by atoms with Gasteiger partial charge in [-0.1, -0.05) is 0 Å². The number of nitrogens with one attached hydrogen (secondary N) is 1. The number of sulfone groups is 1. The second-order valence-electron chi connectivity index (χ2n) is 6.15. The molecule has 2 saturated heterocycles. The molecule has 0 spiro atoms. The Labute approximate surface area is 127 Å². The maximum Gasteiger partial charge on any atom is 0.237 e. The molecule has 2 rings (SSSR count). The average molecular weight is 317 g/mol. The summed E-state index contributed by atoms with van der Waals surface area (Å²) < 4.78 is 23.2. The Bertz CT molecular complexity index is 460. The maximum atomic E-state index is 12.5. The average Bonchev–Trinajstić information content (AvgIpc) is 2.80. The van der Waals surface area contributed by atoms with Gasteiger partial charge in [0.05, 0.1) is 18.1 Å². The Kier molecular flexibility index (Phi) is 5.62. The van der Waals surface area contributed by atoms with Gasteiger partial charge in [0, 0.05) is 25.2 Å². The number of carbonyl (C=O) groups excluding carboxylic acids is 1. The van der Waals surface area contributed by atoms with Gasteiger partial charge in [-0.15, -0.1) is 0 Å². The fourth-order valence-electron chi connectivity index (χ4n) is 3.30. The molecule has 2 unspecified atom stereocenters. The van der Waals surface area contributed by atoms with E-state index < -0.39 is 9.84 Å². The second-order valence-corrected chi connectivity index (χ2v) is 8.38. The molecule has 122 valence electrons. The first-order chi connectivity index (χ1) is 9.93. The van der Waals surface area contributed by atoms with E-state index in [1.165, 1.54) is 0 Å². The Morgan fingerprint density at radius 2 is 2.05 bits per heavy atom. The lowest BCUT2D eigenvalue weighted by molar-refractivity contribution is -0.134. The van der Waals surface area contributed by atoms with Crippen molar-refractivity contribution in [3.05, 3.63) is 0 Å². The fraction of sp³-hybridized carbons (Fsp3) is 0.929. The molecule has 2 aliphatic heterocycles. The molecule has 0 aromatic heterocycles. The van der Waals surface area contributed by atoms with Crippen LogP contribution in [0.3, 0.4) is 0 Å². The molecule has 21 heavy (non-hydrogen) atoms. The molecule has 0 aromatic rings. The highest BCUT2D eigenvalue weighted by Crippen LogP contribution is 2.18. The normalized spacial score (nSPS) is 28.7. The molecule has 2 atom stereocenters. The number of likely N-dealkylation sites (N-methyl/N-ethyl adjacent to an activating group) is 2. The zero-order valence-corrected chi connectivity index (χ0v) is 13.9. The van der Waals surface area contributed by atoms with E-state index in [2.05, 4.69) is 10.2 Å². The molecule has 2 fully saturated rings. The minimum Gasteiger partial charge on any atom is -0.338 e. The SMILES string of the molecule is CCN(C(=O)CN(C)C1CCCNC1)C1CCS(=O)(=O)C1. The number of hydrogen-bond acceptors (Lipinski definition) is 5. The van der Waals surface area contributed by atoms with Gasteiger partial charge in [0.25, 0.3) is 0 Å². The molecule has 7 heteroatoms. The number of hydrogen-bond donors (Lipinski definition) is 1. The largest absolute Gasteiger partial charge is 0.338 e. The summed E-state index contributed by atoms with van der Waals surface area (Å²) in [6.45, 7) is 4.85. The maximum absolute atomic E-state index is 12.5. The first-order valence-corrected chi connectivity index (χ1v) is 9.66. The van der Waals surface area contributed by atoms with Gasteiger partial charge in [-0.05, 0) is 39.8 Å². The molecule has 6 nitrogen and oxygen atoms in total. The molecular formula is C14H27N3O3S. The third-order valence-electron chi connectivity index (χ3n) is 4.59. The molecule has 0 bridgehead atoms. The van der Waals surface area contributed by atoms with E-state index in [9.17, 15) is 13.2 Å². The fourth-order valence-corrected chi connectivity index (χ4v) is 5.03. The van der Waals surface area contributed by atoms with Gasteiger partial charge in [0.2, 0.25) is 5.91 Å². The number of carbonyl (C=O) groups is 1. The van der Waals surface area contributed by atoms with Crippen LogP contribution in [-0.2, 0) is 14.6 Å². The first-order valence-electron chi connectivity index (χ1n) is 7.84. The molecule has 0 saturated carbocycles. The first kappa shape index (κ1) is 16.7. The van der Waals surface area contributed by atoms with Crippen molar-refractivity contribution in [1.29, 1.82) is 0 Å². The molecule has 0 radical (unpaired) electrons. The van der Waals surface area contributed by atoms with E-state index in [4.69, 9.17) is 0 Å².